The molecule has 0 aliphatic rings. The molecule has 0 unspecified atom stereocenters. The summed E-state index contributed by atoms with van der Waals surface area (Å²) in [4.78, 5) is 0. The van der Waals surface area contributed by atoms with E-state index in [1.165, 1.54) is 14.2 Å². The second-order valence-electron chi connectivity index (χ2n) is 2.34. The lowest BCUT2D eigenvalue weighted by molar-refractivity contribution is 0.399. The molecule has 0 amide bonds. The van der Waals surface area contributed by atoms with E-state index in [9.17, 15) is 0 Å². The Bertz CT molecular complexity index is 261. The first-order chi connectivity index (χ1) is 5.69. The molecule has 0 heterocycles. The van der Waals surface area contributed by atoms with E-state index in [2.05, 4.69) is 0 Å². The fourth-order valence-electron chi connectivity index (χ4n) is 0.959. The van der Waals surface area contributed by atoms with Gasteiger partial charge in [0.2, 0.25) is 0 Å². The van der Waals surface area contributed by atoms with Crippen LogP contribution in [0, 0.1) is 0 Å². The van der Waals surface area contributed by atoms with Crippen LogP contribution in [-0.4, -0.2) is 14.2 Å². The van der Waals surface area contributed by atoms with Gasteiger partial charge in [0.15, 0.2) is 0 Å². The van der Waals surface area contributed by atoms with Crippen molar-refractivity contribution in [1.29, 1.82) is 0 Å². The van der Waals surface area contributed by atoms with Gasteiger partial charge in [-0.25, -0.2) is 0 Å². The maximum absolute atomic E-state index is 5.67. The van der Waals surface area contributed by atoms with Gasteiger partial charge in [0, 0.05) is 17.8 Å². The molecule has 0 saturated carbocycles. The summed E-state index contributed by atoms with van der Waals surface area (Å²) in [5.74, 6) is 1.07. The lowest BCUT2D eigenvalue weighted by Gasteiger charge is -2.09. The van der Waals surface area contributed by atoms with Crippen LogP contribution < -0.4 is 20.9 Å². The molecule has 0 spiro atoms. The standard InChI is InChI=1S/C8H12N2O2/c1-11-6-3-5(9)4-7(12-2)8(6)10/h3-4H,9-10H2,1-2H3. The summed E-state index contributed by atoms with van der Waals surface area (Å²) in [6.07, 6.45) is 0. The van der Waals surface area contributed by atoms with Crippen molar-refractivity contribution in [2.75, 3.05) is 25.7 Å². The third-order valence-electron chi connectivity index (χ3n) is 1.57. The van der Waals surface area contributed by atoms with E-state index in [1.807, 2.05) is 0 Å². The molecule has 66 valence electrons. The predicted molar refractivity (Wildman–Crippen MR) is 48.4 cm³/mol. The van der Waals surface area contributed by atoms with Crippen molar-refractivity contribution in [3.05, 3.63) is 12.1 Å². The number of hydrogen-bond acceptors (Lipinski definition) is 4. The van der Waals surface area contributed by atoms with Crippen molar-refractivity contribution in [3.63, 3.8) is 0 Å². The first-order valence-electron chi connectivity index (χ1n) is 3.46. The maximum atomic E-state index is 5.67. The first kappa shape index (κ1) is 8.52. The highest BCUT2D eigenvalue weighted by Gasteiger charge is 2.06. The zero-order valence-electron chi connectivity index (χ0n) is 7.13. The summed E-state index contributed by atoms with van der Waals surface area (Å²) in [5.41, 5.74) is 12.3. The summed E-state index contributed by atoms with van der Waals surface area (Å²) in [5, 5.41) is 0. The van der Waals surface area contributed by atoms with Crippen molar-refractivity contribution in [1.82, 2.24) is 0 Å². The van der Waals surface area contributed by atoms with Crippen LogP contribution in [0.1, 0.15) is 0 Å². The van der Waals surface area contributed by atoms with Crippen LogP contribution in [0.3, 0.4) is 0 Å². The molecule has 0 fully saturated rings. The number of benzene rings is 1. The molecule has 0 radical (unpaired) electrons. The lowest BCUT2D eigenvalue weighted by Crippen LogP contribution is -1.98. The highest BCUT2D eigenvalue weighted by molar-refractivity contribution is 5.68. The van der Waals surface area contributed by atoms with Gasteiger partial charge in [-0.2, -0.15) is 0 Å². The molecular formula is C8H12N2O2. The molecular weight excluding hydrogens is 156 g/mol. The lowest BCUT2D eigenvalue weighted by atomic mass is 10.2. The second kappa shape index (κ2) is 3.21. The molecule has 0 aliphatic heterocycles. The van der Waals surface area contributed by atoms with Crippen LogP contribution in [0.5, 0.6) is 11.5 Å². The number of hydrogen-bond donors (Lipinski definition) is 2. The van der Waals surface area contributed by atoms with Gasteiger partial charge in [-0.05, 0) is 0 Å². The smallest absolute Gasteiger partial charge is 0.147 e. The monoisotopic (exact) mass is 168 g/mol. The van der Waals surface area contributed by atoms with Crippen molar-refractivity contribution in [2.24, 2.45) is 0 Å². The van der Waals surface area contributed by atoms with Gasteiger partial charge in [0.1, 0.15) is 17.2 Å². The van der Waals surface area contributed by atoms with Crippen LogP contribution >= 0.6 is 0 Å². The Morgan fingerprint density at radius 2 is 1.42 bits per heavy atom. The van der Waals surface area contributed by atoms with E-state index >= 15 is 0 Å². The molecule has 0 atom stereocenters. The molecule has 0 aromatic heterocycles. The van der Waals surface area contributed by atoms with Gasteiger partial charge in [0.25, 0.3) is 0 Å². The van der Waals surface area contributed by atoms with E-state index in [0.717, 1.165) is 0 Å². The number of nitrogen functional groups attached to an aromatic ring is 2. The molecule has 1 aromatic rings. The fourth-order valence-corrected chi connectivity index (χ4v) is 0.959. The topological polar surface area (TPSA) is 70.5 Å². The third-order valence-corrected chi connectivity index (χ3v) is 1.57. The molecule has 4 heteroatoms. The molecule has 0 aliphatic carbocycles. The van der Waals surface area contributed by atoms with Gasteiger partial charge in [-0.1, -0.05) is 0 Å². The summed E-state index contributed by atoms with van der Waals surface area (Å²) >= 11 is 0. The minimum absolute atomic E-state index is 0.467. The number of methoxy groups -OCH3 is 2. The van der Waals surface area contributed by atoms with Crippen molar-refractivity contribution < 1.29 is 9.47 Å². The summed E-state index contributed by atoms with van der Waals surface area (Å²) < 4.78 is 9.97. The van der Waals surface area contributed by atoms with E-state index < -0.39 is 0 Å². The Morgan fingerprint density at radius 3 is 1.75 bits per heavy atom. The maximum Gasteiger partial charge on any atom is 0.147 e. The van der Waals surface area contributed by atoms with E-state index in [0.29, 0.717) is 22.9 Å². The molecule has 1 rings (SSSR count). The summed E-state index contributed by atoms with van der Waals surface area (Å²) in [6.45, 7) is 0. The Hall–Kier alpha value is -1.58. The quantitative estimate of drug-likeness (QED) is 0.643. The predicted octanol–water partition coefficient (Wildman–Crippen LogP) is 0.868. The van der Waals surface area contributed by atoms with Gasteiger partial charge >= 0.3 is 0 Å². The molecule has 1 aromatic carbocycles. The average molecular weight is 168 g/mol. The summed E-state index contributed by atoms with van der Waals surface area (Å²) in [7, 11) is 3.06. The molecule has 0 saturated heterocycles. The normalized spacial score (nSPS) is 9.50. The minimum Gasteiger partial charge on any atom is -0.494 e. The number of rotatable bonds is 2. The van der Waals surface area contributed by atoms with Gasteiger partial charge in [-0.3, -0.25) is 0 Å². The molecule has 4 nitrogen and oxygen atoms in total. The van der Waals surface area contributed by atoms with Crippen molar-refractivity contribution >= 4 is 11.4 Å². The largest absolute Gasteiger partial charge is 0.494 e. The first-order valence-corrected chi connectivity index (χ1v) is 3.46. The highest BCUT2D eigenvalue weighted by Crippen LogP contribution is 2.33. The van der Waals surface area contributed by atoms with Crippen LogP contribution in [0.4, 0.5) is 11.4 Å². The van der Waals surface area contributed by atoms with Crippen LogP contribution in [0.2, 0.25) is 0 Å². The van der Waals surface area contributed by atoms with E-state index in [4.69, 9.17) is 20.9 Å². The Morgan fingerprint density at radius 1 is 1.00 bits per heavy atom. The van der Waals surface area contributed by atoms with E-state index in [-0.39, 0.29) is 0 Å². The minimum atomic E-state index is 0.467. The molecule has 4 N–H and O–H groups in total. The Labute approximate surface area is 71.1 Å². The van der Waals surface area contributed by atoms with Crippen LogP contribution in [-0.2, 0) is 0 Å². The van der Waals surface area contributed by atoms with Gasteiger partial charge in [0.05, 0.1) is 14.2 Å². The Kier molecular flexibility index (Phi) is 2.28. The highest BCUT2D eigenvalue weighted by atomic mass is 16.5. The molecule has 12 heavy (non-hydrogen) atoms. The van der Waals surface area contributed by atoms with Gasteiger partial charge < -0.3 is 20.9 Å². The fraction of sp³-hybridized carbons (Fsp3) is 0.250. The second-order valence-corrected chi connectivity index (χ2v) is 2.34. The van der Waals surface area contributed by atoms with Crippen LogP contribution in [0.15, 0.2) is 12.1 Å². The number of ether oxygens (including phenoxy) is 2. The van der Waals surface area contributed by atoms with Gasteiger partial charge in [-0.15, -0.1) is 0 Å². The summed E-state index contributed by atoms with van der Waals surface area (Å²) in [6, 6.07) is 3.30. The zero-order valence-corrected chi connectivity index (χ0v) is 7.13. The SMILES string of the molecule is COc1cc(N)cc(OC)c1N. The number of nitrogens with two attached hydrogens (primary N) is 2. The van der Waals surface area contributed by atoms with Crippen molar-refractivity contribution in [2.45, 2.75) is 0 Å². The van der Waals surface area contributed by atoms with Crippen molar-refractivity contribution in [3.8, 4) is 11.5 Å². The Balaban J connectivity index is 3.22. The van der Waals surface area contributed by atoms with Crippen LogP contribution in [0.25, 0.3) is 0 Å². The molecule has 0 bridgehead atoms. The number of anilines is 2. The zero-order chi connectivity index (χ0) is 9.14. The van der Waals surface area contributed by atoms with E-state index in [1.54, 1.807) is 12.1 Å². The average Bonchev–Trinajstić information content (AvgIpc) is 2.08. The third kappa shape index (κ3) is 1.37.